The van der Waals surface area contributed by atoms with Crippen LogP contribution < -0.4 is 4.90 Å². The van der Waals surface area contributed by atoms with E-state index in [1.54, 1.807) is 6.92 Å². The summed E-state index contributed by atoms with van der Waals surface area (Å²) < 4.78 is 16.3. The summed E-state index contributed by atoms with van der Waals surface area (Å²) in [6.07, 6.45) is -1.05. The van der Waals surface area contributed by atoms with Crippen LogP contribution in [-0.4, -0.2) is 19.2 Å². The van der Waals surface area contributed by atoms with Crippen LogP contribution in [0.5, 0.6) is 0 Å². The number of carbonyl (C=O) groups is 2. The van der Waals surface area contributed by atoms with Gasteiger partial charge in [0.25, 0.3) is 0 Å². The zero-order valence-electron chi connectivity index (χ0n) is 15.5. The molecule has 3 aromatic rings. The molecule has 142 valence electrons. The number of rotatable bonds is 4. The summed E-state index contributed by atoms with van der Waals surface area (Å²) in [5, 5.41) is 0. The molecule has 1 amide bonds. The molecule has 0 radical (unpaired) electrons. The number of nitrogens with zero attached hydrogens (tertiary/aromatic N) is 1. The van der Waals surface area contributed by atoms with Gasteiger partial charge in [0, 0.05) is 6.07 Å². The van der Waals surface area contributed by atoms with Crippen molar-refractivity contribution in [3.05, 3.63) is 89.2 Å². The highest BCUT2D eigenvalue weighted by Crippen LogP contribution is 2.46. The van der Waals surface area contributed by atoms with E-state index in [2.05, 4.69) is 0 Å². The Kier molecular flexibility index (Phi) is 4.61. The molecule has 1 aliphatic rings. The van der Waals surface area contributed by atoms with Crippen LogP contribution in [0.1, 0.15) is 39.4 Å². The third-order valence-corrected chi connectivity index (χ3v) is 4.81. The SMILES string of the molecule is COC(=O)c1cc(N2C(=O)O[C@@H](c3ccccc3)[C@H]2c2ccccc2)oc1C. The number of aryl methyl sites for hydroxylation is 1. The number of furan rings is 1. The lowest BCUT2D eigenvalue weighted by molar-refractivity contribution is 0.0598. The topological polar surface area (TPSA) is 69.0 Å². The summed E-state index contributed by atoms with van der Waals surface area (Å²) in [6.45, 7) is 1.66. The maximum Gasteiger partial charge on any atom is 0.418 e. The highest BCUT2D eigenvalue weighted by Gasteiger charge is 2.46. The zero-order chi connectivity index (χ0) is 19.7. The number of benzene rings is 2. The van der Waals surface area contributed by atoms with Crippen molar-refractivity contribution >= 4 is 17.9 Å². The first kappa shape index (κ1) is 17.9. The summed E-state index contributed by atoms with van der Waals surface area (Å²) in [7, 11) is 1.30. The molecular formula is C22H19NO5. The van der Waals surface area contributed by atoms with Crippen molar-refractivity contribution in [3.8, 4) is 0 Å². The molecule has 2 aromatic carbocycles. The second-order valence-electron chi connectivity index (χ2n) is 6.49. The number of amides is 1. The van der Waals surface area contributed by atoms with Crippen molar-refractivity contribution in [1.29, 1.82) is 0 Å². The fourth-order valence-electron chi connectivity index (χ4n) is 3.47. The number of hydrogen-bond donors (Lipinski definition) is 0. The predicted octanol–water partition coefficient (Wildman–Crippen LogP) is 4.81. The van der Waals surface area contributed by atoms with E-state index in [-0.39, 0.29) is 11.4 Å². The van der Waals surface area contributed by atoms with Crippen LogP contribution in [0, 0.1) is 6.92 Å². The lowest BCUT2D eigenvalue weighted by Gasteiger charge is -2.23. The van der Waals surface area contributed by atoms with Gasteiger partial charge in [-0.25, -0.2) is 14.5 Å². The average molecular weight is 377 g/mol. The molecule has 6 heteroatoms. The highest BCUT2D eigenvalue weighted by molar-refractivity contribution is 5.94. The van der Waals surface area contributed by atoms with Gasteiger partial charge in [-0.15, -0.1) is 0 Å². The van der Waals surface area contributed by atoms with Gasteiger partial charge in [-0.3, -0.25) is 0 Å². The lowest BCUT2D eigenvalue weighted by Crippen LogP contribution is -2.27. The Labute approximate surface area is 162 Å². The molecule has 6 nitrogen and oxygen atoms in total. The van der Waals surface area contributed by atoms with E-state index < -0.39 is 24.2 Å². The number of anilines is 1. The van der Waals surface area contributed by atoms with E-state index in [1.165, 1.54) is 18.1 Å². The second kappa shape index (κ2) is 7.23. The molecule has 0 spiro atoms. The first-order chi connectivity index (χ1) is 13.6. The Balaban J connectivity index is 1.81. The van der Waals surface area contributed by atoms with Crippen molar-refractivity contribution in [2.75, 3.05) is 12.0 Å². The smallest absolute Gasteiger partial charge is 0.418 e. The van der Waals surface area contributed by atoms with E-state index in [1.807, 2.05) is 60.7 Å². The third-order valence-electron chi connectivity index (χ3n) is 4.81. The monoisotopic (exact) mass is 377 g/mol. The number of carbonyl (C=O) groups excluding carboxylic acids is 2. The molecule has 0 saturated carbocycles. The Morgan fingerprint density at radius 1 is 1.00 bits per heavy atom. The number of hydrogen-bond acceptors (Lipinski definition) is 5. The maximum absolute atomic E-state index is 12.8. The van der Waals surface area contributed by atoms with E-state index in [0.717, 1.165) is 11.1 Å². The van der Waals surface area contributed by atoms with Gasteiger partial charge in [0.05, 0.1) is 7.11 Å². The summed E-state index contributed by atoms with van der Waals surface area (Å²) in [5.41, 5.74) is 2.06. The van der Waals surface area contributed by atoms with Gasteiger partial charge in [0.2, 0.25) is 5.88 Å². The molecule has 1 aliphatic heterocycles. The summed E-state index contributed by atoms with van der Waals surface area (Å²) >= 11 is 0. The molecule has 0 bridgehead atoms. The zero-order valence-corrected chi connectivity index (χ0v) is 15.5. The van der Waals surface area contributed by atoms with Crippen molar-refractivity contribution in [2.24, 2.45) is 0 Å². The van der Waals surface area contributed by atoms with Crippen molar-refractivity contribution in [3.63, 3.8) is 0 Å². The van der Waals surface area contributed by atoms with Crippen molar-refractivity contribution in [2.45, 2.75) is 19.1 Å². The van der Waals surface area contributed by atoms with Gasteiger partial charge >= 0.3 is 12.1 Å². The molecule has 0 aliphatic carbocycles. The Morgan fingerprint density at radius 2 is 1.61 bits per heavy atom. The third kappa shape index (κ3) is 3.03. The molecule has 0 N–H and O–H groups in total. The number of ether oxygens (including phenoxy) is 2. The normalized spacial score (nSPS) is 18.8. The Morgan fingerprint density at radius 3 is 2.21 bits per heavy atom. The summed E-state index contributed by atoms with van der Waals surface area (Å²) in [5.74, 6) is 0.107. The minimum atomic E-state index is -0.534. The van der Waals surface area contributed by atoms with E-state index in [0.29, 0.717) is 5.76 Å². The van der Waals surface area contributed by atoms with Crippen LogP contribution in [-0.2, 0) is 9.47 Å². The van der Waals surface area contributed by atoms with E-state index >= 15 is 0 Å². The Hall–Kier alpha value is -3.54. The lowest BCUT2D eigenvalue weighted by atomic mass is 9.95. The molecule has 1 saturated heterocycles. The summed E-state index contributed by atoms with van der Waals surface area (Å²) in [4.78, 5) is 26.2. The standard InChI is InChI=1S/C22H19NO5/c1-14-17(21(24)26-2)13-18(27-14)23-19(15-9-5-3-6-10-15)20(28-22(23)25)16-11-7-4-8-12-16/h3-13,19-20H,1-2H3/t19-,20+/m1/s1. The number of cyclic esters (lactones) is 1. The maximum atomic E-state index is 12.8. The van der Waals surface area contributed by atoms with Crippen LogP contribution in [0.25, 0.3) is 0 Å². The predicted molar refractivity (Wildman–Crippen MR) is 102 cm³/mol. The van der Waals surface area contributed by atoms with Gasteiger partial charge in [-0.2, -0.15) is 0 Å². The number of methoxy groups -OCH3 is 1. The van der Waals surface area contributed by atoms with Crippen LogP contribution in [0.2, 0.25) is 0 Å². The molecule has 0 unspecified atom stereocenters. The molecule has 4 rings (SSSR count). The molecule has 2 heterocycles. The molecule has 1 fully saturated rings. The average Bonchev–Trinajstić information content (AvgIpc) is 3.28. The molecule has 1 aromatic heterocycles. The van der Waals surface area contributed by atoms with Crippen molar-refractivity contribution in [1.82, 2.24) is 0 Å². The van der Waals surface area contributed by atoms with Gasteiger partial charge in [0.1, 0.15) is 17.4 Å². The molecule has 28 heavy (non-hydrogen) atoms. The summed E-state index contributed by atoms with van der Waals surface area (Å²) in [6, 6.07) is 20.2. The highest BCUT2D eigenvalue weighted by atomic mass is 16.6. The minimum Gasteiger partial charge on any atom is -0.465 e. The fraction of sp³-hybridized carbons (Fsp3) is 0.182. The fourth-order valence-corrected chi connectivity index (χ4v) is 3.47. The minimum absolute atomic E-state index is 0.246. The van der Waals surface area contributed by atoms with Crippen molar-refractivity contribution < 1.29 is 23.5 Å². The van der Waals surface area contributed by atoms with Gasteiger partial charge in [-0.1, -0.05) is 60.7 Å². The molecular weight excluding hydrogens is 358 g/mol. The number of esters is 1. The quantitative estimate of drug-likeness (QED) is 0.610. The van der Waals surface area contributed by atoms with Gasteiger partial charge < -0.3 is 13.9 Å². The first-order valence-electron chi connectivity index (χ1n) is 8.88. The Bertz CT molecular complexity index is 996. The van der Waals surface area contributed by atoms with Crippen LogP contribution in [0.3, 0.4) is 0 Å². The van der Waals surface area contributed by atoms with E-state index in [9.17, 15) is 9.59 Å². The molecule has 2 atom stereocenters. The van der Waals surface area contributed by atoms with Crippen LogP contribution in [0.15, 0.2) is 71.1 Å². The van der Waals surface area contributed by atoms with Crippen LogP contribution in [0.4, 0.5) is 10.7 Å². The van der Waals surface area contributed by atoms with E-state index in [4.69, 9.17) is 13.9 Å². The van der Waals surface area contributed by atoms with Gasteiger partial charge in [0.15, 0.2) is 6.10 Å². The van der Waals surface area contributed by atoms with Crippen LogP contribution >= 0.6 is 0 Å². The van der Waals surface area contributed by atoms with Gasteiger partial charge in [-0.05, 0) is 18.1 Å². The second-order valence-corrected chi connectivity index (χ2v) is 6.49. The largest absolute Gasteiger partial charge is 0.465 e. The first-order valence-corrected chi connectivity index (χ1v) is 8.88.